The fraction of sp³-hybridized carbons (Fsp3) is 0.778. The number of carbonyl (C=O) groups excluding carboxylic acids is 1. The molecular weight excluding hydrogens is 196 g/mol. The van der Waals surface area contributed by atoms with Crippen molar-refractivity contribution in [1.29, 1.82) is 0 Å². The van der Waals surface area contributed by atoms with Crippen molar-refractivity contribution < 1.29 is 10.0 Å². The average molecular weight is 214 g/mol. The van der Waals surface area contributed by atoms with Crippen LogP contribution in [0.1, 0.15) is 19.8 Å². The fourth-order valence-corrected chi connectivity index (χ4v) is 1.75. The summed E-state index contributed by atoms with van der Waals surface area (Å²) in [6.45, 7) is 3.76. The molecule has 1 unspecified atom stereocenters. The Balaban J connectivity index is 2.52. The maximum absolute atomic E-state index is 11.5. The number of likely N-dealkylation sites (tertiary alicyclic amines) is 1. The number of nitrogens with two attached hydrogens (primary N) is 1. The van der Waals surface area contributed by atoms with E-state index < -0.39 is 0 Å². The minimum absolute atomic E-state index is 0.0219. The van der Waals surface area contributed by atoms with Gasteiger partial charge in [0.1, 0.15) is 5.84 Å². The minimum atomic E-state index is -0.0760. The van der Waals surface area contributed by atoms with E-state index in [9.17, 15) is 4.79 Å². The van der Waals surface area contributed by atoms with Crippen molar-refractivity contribution in [2.45, 2.75) is 19.8 Å². The van der Waals surface area contributed by atoms with Crippen LogP contribution in [-0.4, -0.2) is 41.6 Å². The van der Waals surface area contributed by atoms with Gasteiger partial charge >= 0.3 is 6.03 Å². The number of nitrogens with one attached hydrogen (secondary N) is 1. The molecule has 1 aliphatic heterocycles. The Bertz CT molecular complexity index is 254. The summed E-state index contributed by atoms with van der Waals surface area (Å²) in [5.74, 6) is 0.190. The molecule has 1 heterocycles. The Morgan fingerprint density at radius 3 is 3.07 bits per heavy atom. The maximum Gasteiger partial charge on any atom is 0.317 e. The van der Waals surface area contributed by atoms with Crippen LogP contribution in [0.15, 0.2) is 5.16 Å². The third kappa shape index (κ3) is 3.00. The second-order valence-corrected chi connectivity index (χ2v) is 3.65. The van der Waals surface area contributed by atoms with Gasteiger partial charge in [0.15, 0.2) is 0 Å². The van der Waals surface area contributed by atoms with Crippen LogP contribution in [0, 0.1) is 5.92 Å². The maximum atomic E-state index is 11.5. The first kappa shape index (κ1) is 11.6. The van der Waals surface area contributed by atoms with Crippen LogP contribution in [-0.2, 0) is 0 Å². The molecule has 1 rings (SSSR count). The van der Waals surface area contributed by atoms with Crippen LogP contribution in [0.5, 0.6) is 0 Å². The van der Waals surface area contributed by atoms with Gasteiger partial charge in [-0.25, -0.2) is 4.79 Å². The summed E-state index contributed by atoms with van der Waals surface area (Å²) in [6, 6.07) is -0.0760. The molecule has 6 nitrogen and oxygen atoms in total. The Labute approximate surface area is 89.1 Å². The minimum Gasteiger partial charge on any atom is -0.409 e. The molecule has 0 saturated carbocycles. The van der Waals surface area contributed by atoms with Crippen molar-refractivity contribution in [1.82, 2.24) is 10.2 Å². The third-order valence-electron chi connectivity index (χ3n) is 2.57. The first-order valence-corrected chi connectivity index (χ1v) is 5.19. The van der Waals surface area contributed by atoms with Gasteiger partial charge in [0.05, 0.1) is 0 Å². The van der Waals surface area contributed by atoms with Gasteiger partial charge in [-0.3, -0.25) is 0 Å². The van der Waals surface area contributed by atoms with Crippen LogP contribution in [0.25, 0.3) is 0 Å². The smallest absolute Gasteiger partial charge is 0.317 e. The molecule has 0 aromatic heterocycles. The van der Waals surface area contributed by atoms with Crippen molar-refractivity contribution in [2.24, 2.45) is 16.8 Å². The van der Waals surface area contributed by atoms with Gasteiger partial charge in [-0.2, -0.15) is 0 Å². The van der Waals surface area contributed by atoms with Crippen molar-refractivity contribution in [2.75, 3.05) is 19.6 Å². The van der Waals surface area contributed by atoms with E-state index in [0.717, 1.165) is 19.4 Å². The molecule has 2 amide bonds. The van der Waals surface area contributed by atoms with Crippen LogP contribution < -0.4 is 11.1 Å². The van der Waals surface area contributed by atoms with Gasteiger partial charge in [0.2, 0.25) is 0 Å². The van der Waals surface area contributed by atoms with E-state index in [2.05, 4.69) is 10.5 Å². The Morgan fingerprint density at radius 2 is 2.47 bits per heavy atom. The average Bonchev–Trinajstić information content (AvgIpc) is 2.28. The molecule has 0 bridgehead atoms. The number of oxime groups is 1. The summed E-state index contributed by atoms with van der Waals surface area (Å²) in [5.41, 5.74) is 5.53. The standard InChI is InChI=1S/C9H18N4O2/c1-2-11-9(14)13-5-3-4-7(6-13)8(10)12-15/h7,15H,2-6H2,1H3,(H2,10,12)(H,11,14). The lowest BCUT2D eigenvalue weighted by Gasteiger charge is -2.31. The lowest BCUT2D eigenvalue weighted by molar-refractivity contribution is 0.177. The highest BCUT2D eigenvalue weighted by Crippen LogP contribution is 2.16. The molecule has 1 atom stereocenters. The molecule has 1 fully saturated rings. The molecule has 0 aromatic rings. The van der Waals surface area contributed by atoms with Crippen LogP contribution in [0.3, 0.4) is 0 Å². The van der Waals surface area contributed by atoms with E-state index in [1.165, 1.54) is 0 Å². The number of piperidine rings is 1. The molecular formula is C9H18N4O2. The first-order valence-electron chi connectivity index (χ1n) is 5.19. The van der Waals surface area contributed by atoms with Crippen molar-refractivity contribution in [3.63, 3.8) is 0 Å². The van der Waals surface area contributed by atoms with Crippen LogP contribution >= 0.6 is 0 Å². The summed E-state index contributed by atoms with van der Waals surface area (Å²) >= 11 is 0. The number of carbonyl (C=O) groups is 1. The number of rotatable bonds is 2. The molecule has 0 radical (unpaired) electrons. The van der Waals surface area contributed by atoms with E-state index in [1.54, 1.807) is 4.90 Å². The number of nitrogens with zero attached hydrogens (tertiary/aromatic N) is 2. The second-order valence-electron chi connectivity index (χ2n) is 3.65. The highest BCUT2D eigenvalue weighted by atomic mass is 16.4. The molecule has 0 spiro atoms. The van der Waals surface area contributed by atoms with Gasteiger partial charge < -0.3 is 21.2 Å². The number of amidine groups is 1. The summed E-state index contributed by atoms with van der Waals surface area (Å²) in [5, 5.41) is 14.3. The Hall–Kier alpha value is -1.46. The highest BCUT2D eigenvalue weighted by molar-refractivity contribution is 5.83. The van der Waals surface area contributed by atoms with Gasteiger partial charge in [-0.1, -0.05) is 5.16 Å². The normalized spacial score (nSPS) is 22.6. The highest BCUT2D eigenvalue weighted by Gasteiger charge is 2.25. The molecule has 1 saturated heterocycles. The molecule has 0 aromatic carbocycles. The number of hydrogen-bond acceptors (Lipinski definition) is 3. The summed E-state index contributed by atoms with van der Waals surface area (Å²) in [6.07, 6.45) is 1.75. The van der Waals surface area contributed by atoms with E-state index in [4.69, 9.17) is 10.9 Å². The summed E-state index contributed by atoms with van der Waals surface area (Å²) in [7, 11) is 0. The zero-order valence-electron chi connectivity index (χ0n) is 8.94. The zero-order chi connectivity index (χ0) is 11.3. The van der Waals surface area contributed by atoms with Crippen LogP contribution in [0.4, 0.5) is 4.79 Å². The number of amides is 2. The van der Waals surface area contributed by atoms with Gasteiger partial charge in [-0.15, -0.1) is 0 Å². The zero-order valence-corrected chi connectivity index (χ0v) is 8.94. The van der Waals surface area contributed by atoms with E-state index in [1.807, 2.05) is 6.92 Å². The first-order chi connectivity index (χ1) is 7.19. The molecule has 6 heteroatoms. The molecule has 0 aliphatic carbocycles. The monoisotopic (exact) mass is 214 g/mol. The van der Waals surface area contributed by atoms with E-state index >= 15 is 0 Å². The van der Waals surface area contributed by atoms with E-state index in [0.29, 0.717) is 13.1 Å². The Kier molecular flexibility index (Phi) is 4.20. The molecule has 15 heavy (non-hydrogen) atoms. The molecule has 86 valence electrons. The third-order valence-corrected chi connectivity index (χ3v) is 2.57. The van der Waals surface area contributed by atoms with Gasteiger partial charge in [-0.05, 0) is 19.8 Å². The van der Waals surface area contributed by atoms with Crippen LogP contribution in [0.2, 0.25) is 0 Å². The largest absolute Gasteiger partial charge is 0.409 e. The molecule has 4 N–H and O–H groups in total. The summed E-state index contributed by atoms with van der Waals surface area (Å²) < 4.78 is 0. The number of urea groups is 1. The van der Waals surface area contributed by atoms with Crippen molar-refractivity contribution in [3.8, 4) is 0 Å². The lowest BCUT2D eigenvalue weighted by Crippen LogP contribution is -2.48. The lowest BCUT2D eigenvalue weighted by atomic mass is 9.97. The van der Waals surface area contributed by atoms with Crippen molar-refractivity contribution in [3.05, 3.63) is 0 Å². The SMILES string of the molecule is CCNC(=O)N1CCCC(C(N)=NO)C1. The van der Waals surface area contributed by atoms with E-state index in [-0.39, 0.29) is 17.8 Å². The fourth-order valence-electron chi connectivity index (χ4n) is 1.75. The topological polar surface area (TPSA) is 91.0 Å². The summed E-state index contributed by atoms with van der Waals surface area (Å²) in [4.78, 5) is 13.2. The van der Waals surface area contributed by atoms with Crippen molar-refractivity contribution >= 4 is 11.9 Å². The predicted molar refractivity (Wildman–Crippen MR) is 56.8 cm³/mol. The quantitative estimate of drug-likeness (QED) is 0.265. The second kappa shape index (κ2) is 5.43. The predicted octanol–water partition coefficient (Wildman–Crippen LogP) is 0.174. The Morgan fingerprint density at radius 1 is 1.73 bits per heavy atom. The molecule has 1 aliphatic rings. The van der Waals surface area contributed by atoms with Gasteiger partial charge in [0, 0.05) is 25.6 Å². The number of hydrogen-bond donors (Lipinski definition) is 3. The van der Waals surface area contributed by atoms with Gasteiger partial charge in [0.25, 0.3) is 0 Å².